The summed E-state index contributed by atoms with van der Waals surface area (Å²) < 4.78 is 0. The molecule has 3 fully saturated rings. The van der Waals surface area contributed by atoms with E-state index in [1.165, 1.54) is 50.5 Å². The van der Waals surface area contributed by atoms with Crippen LogP contribution in [0.15, 0.2) is 16.8 Å². The molecule has 0 amide bonds. The van der Waals surface area contributed by atoms with Gasteiger partial charge in [-0.3, -0.25) is 0 Å². The van der Waals surface area contributed by atoms with Crippen molar-refractivity contribution in [3.05, 3.63) is 11.6 Å². The second kappa shape index (κ2) is 8.26. The molecule has 4 aliphatic carbocycles. The highest BCUT2D eigenvalue weighted by Crippen LogP contribution is 2.66. The largest absolute Gasteiger partial charge is 0.393 e. The van der Waals surface area contributed by atoms with Crippen LogP contribution in [0.2, 0.25) is 0 Å². The lowest BCUT2D eigenvalue weighted by molar-refractivity contribution is -0.0301. The van der Waals surface area contributed by atoms with Gasteiger partial charge in [-0.15, -0.1) is 0 Å². The molecule has 0 saturated heterocycles. The fourth-order valence-electron chi connectivity index (χ4n) is 8.55. The maximum atomic E-state index is 10.3. The lowest BCUT2D eigenvalue weighted by atomic mass is 9.46. The lowest BCUT2D eigenvalue weighted by Gasteiger charge is -2.58. The van der Waals surface area contributed by atoms with Gasteiger partial charge in [-0.25, -0.2) is 0 Å². The number of nitrogens with two attached hydrogens (primary N) is 1. The van der Waals surface area contributed by atoms with Gasteiger partial charge in [-0.2, -0.15) is 5.10 Å². The number of aliphatic hydroxyl groups is 1. The van der Waals surface area contributed by atoms with Crippen LogP contribution in [0.5, 0.6) is 0 Å². The first-order valence-corrected chi connectivity index (χ1v) is 12.9. The molecular weight excluding hydrogens is 368 g/mol. The number of allylic oxidation sites excluding steroid dienone is 1. The first-order valence-electron chi connectivity index (χ1n) is 12.9. The van der Waals surface area contributed by atoms with Crippen molar-refractivity contribution >= 4 is 5.71 Å². The molecule has 0 unspecified atom stereocenters. The van der Waals surface area contributed by atoms with E-state index in [1.54, 1.807) is 0 Å². The number of rotatable bonds is 5. The summed E-state index contributed by atoms with van der Waals surface area (Å²) in [5.41, 5.74) is 3.24. The minimum Gasteiger partial charge on any atom is -0.393 e. The van der Waals surface area contributed by atoms with E-state index in [2.05, 4.69) is 45.8 Å². The Morgan fingerprint density at radius 1 is 1.07 bits per heavy atom. The number of fused-ring (bicyclic) bond motifs is 5. The average Bonchev–Trinajstić information content (AvgIpc) is 3.05. The van der Waals surface area contributed by atoms with Crippen LogP contribution in [-0.4, -0.2) is 16.9 Å². The normalized spacial score (nSPS) is 45.6. The molecule has 0 spiro atoms. The molecule has 3 heteroatoms. The molecule has 0 aromatic rings. The predicted octanol–water partition coefficient (Wildman–Crippen LogP) is 6.31. The van der Waals surface area contributed by atoms with Crippen molar-refractivity contribution in [2.24, 2.45) is 57.3 Å². The summed E-state index contributed by atoms with van der Waals surface area (Å²) in [6.07, 6.45) is 14.5. The Balaban J connectivity index is 1.58. The molecule has 3 saturated carbocycles. The van der Waals surface area contributed by atoms with Crippen molar-refractivity contribution < 1.29 is 5.11 Å². The molecule has 3 nitrogen and oxygen atoms in total. The van der Waals surface area contributed by atoms with Crippen LogP contribution in [0.25, 0.3) is 0 Å². The van der Waals surface area contributed by atoms with Crippen molar-refractivity contribution in [1.82, 2.24) is 0 Å². The van der Waals surface area contributed by atoms with E-state index in [0.29, 0.717) is 17.3 Å². The van der Waals surface area contributed by atoms with E-state index < -0.39 is 0 Å². The molecule has 4 rings (SSSR count). The Bertz CT molecular complexity index is 697. The molecule has 0 aromatic carbocycles. The first kappa shape index (κ1) is 22.4. The van der Waals surface area contributed by atoms with Gasteiger partial charge < -0.3 is 10.9 Å². The van der Waals surface area contributed by atoms with Crippen molar-refractivity contribution in [3.8, 4) is 0 Å². The zero-order chi connectivity index (χ0) is 21.7. The second-order valence-electron chi connectivity index (χ2n) is 12.3. The quantitative estimate of drug-likeness (QED) is 0.409. The molecular formula is C27H46N2O. The summed E-state index contributed by atoms with van der Waals surface area (Å²) in [5, 5.41) is 14.7. The minimum absolute atomic E-state index is 0.184. The summed E-state index contributed by atoms with van der Waals surface area (Å²) >= 11 is 0. The van der Waals surface area contributed by atoms with Gasteiger partial charge >= 0.3 is 0 Å². The third kappa shape index (κ3) is 3.57. The summed E-state index contributed by atoms with van der Waals surface area (Å²) in [5.74, 6) is 10.4. The monoisotopic (exact) mass is 414 g/mol. The van der Waals surface area contributed by atoms with Crippen molar-refractivity contribution in [2.75, 3.05) is 0 Å². The molecule has 170 valence electrons. The summed E-state index contributed by atoms with van der Waals surface area (Å²) in [4.78, 5) is 0. The number of aliphatic hydroxyl groups excluding tert-OH is 1. The average molecular weight is 415 g/mol. The third-order valence-electron chi connectivity index (χ3n) is 10.3. The van der Waals surface area contributed by atoms with Crippen LogP contribution < -0.4 is 5.84 Å². The zero-order valence-electron chi connectivity index (χ0n) is 20.2. The number of hydrogen-bond donors (Lipinski definition) is 2. The topological polar surface area (TPSA) is 58.6 Å². The van der Waals surface area contributed by atoms with Gasteiger partial charge in [0.25, 0.3) is 0 Å². The van der Waals surface area contributed by atoms with Gasteiger partial charge in [0.1, 0.15) is 0 Å². The van der Waals surface area contributed by atoms with Gasteiger partial charge in [0.15, 0.2) is 0 Å². The number of hydrazone groups is 1. The molecule has 8 atom stereocenters. The van der Waals surface area contributed by atoms with Gasteiger partial charge in [0.05, 0.1) is 11.8 Å². The highest BCUT2D eigenvalue weighted by Gasteiger charge is 2.60. The van der Waals surface area contributed by atoms with Crippen LogP contribution >= 0.6 is 0 Å². The molecule has 0 heterocycles. The van der Waals surface area contributed by atoms with Gasteiger partial charge in [0.2, 0.25) is 0 Å². The van der Waals surface area contributed by atoms with Crippen molar-refractivity contribution in [2.45, 2.75) is 105 Å². The van der Waals surface area contributed by atoms with Crippen LogP contribution in [0.3, 0.4) is 0 Å². The lowest BCUT2D eigenvalue weighted by Crippen LogP contribution is -2.54. The van der Waals surface area contributed by atoms with E-state index in [9.17, 15) is 5.11 Å². The fourth-order valence-corrected chi connectivity index (χ4v) is 8.55. The molecule has 4 aliphatic rings. The third-order valence-corrected chi connectivity index (χ3v) is 10.3. The molecule has 30 heavy (non-hydrogen) atoms. The predicted molar refractivity (Wildman–Crippen MR) is 126 cm³/mol. The van der Waals surface area contributed by atoms with E-state index in [0.717, 1.165) is 48.6 Å². The van der Waals surface area contributed by atoms with Crippen LogP contribution in [0.1, 0.15) is 98.8 Å². The van der Waals surface area contributed by atoms with E-state index in [1.807, 2.05) is 0 Å². The van der Waals surface area contributed by atoms with E-state index in [-0.39, 0.29) is 11.5 Å². The highest BCUT2D eigenvalue weighted by atomic mass is 16.3. The highest BCUT2D eigenvalue weighted by molar-refractivity contribution is 5.99. The van der Waals surface area contributed by atoms with Crippen LogP contribution in [0, 0.1) is 46.3 Å². The second-order valence-corrected chi connectivity index (χ2v) is 12.3. The SMILES string of the molecule is CC(C)CCC[C@@H](C)[C@H]1CC[C@H]2[C@@H]3/C(=N/N)C=C4C[C@@H](O)CC[C@]4(C)[C@H]3CC[C@]12C. The van der Waals surface area contributed by atoms with Crippen molar-refractivity contribution in [3.63, 3.8) is 0 Å². The number of nitrogens with zero attached hydrogens (tertiary/aromatic N) is 1. The maximum absolute atomic E-state index is 10.3. The van der Waals surface area contributed by atoms with Crippen LogP contribution in [-0.2, 0) is 0 Å². The standard InChI is InChI=1S/C27H46N2O/c1-17(2)7-6-8-18(3)21-9-10-22-25-23(12-14-27(21,22)5)26(4)13-11-20(30)15-19(26)16-24(25)29-28/h16-18,20-23,25,30H,6-15,28H2,1-5H3/b29-24+/t18-,20+,21-,22+,23+,25+,26+,27-/m1/s1. The van der Waals surface area contributed by atoms with Gasteiger partial charge in [0, 0.05) is 5.92 Å². The summed E-state index contributed by atoms with van der Waals surface area (Å²) in [6.45, 7) is 12.3. The number of hydrogen-bond acceptors (Lipinski definition) is 3. The Morgan fingerprint density at radius 2 is 1.83 bits per heavy atom. The van der Waals surface area contributed by atoms with Crippen molar-refractivity contribution in [1.29, 1.82) is 0 Å². The Kier molecular flexibility index (Phi) is 6.16. The first-order chi connectivity index (χ1) is 14.2. The Labute approximate surface area is 185 Å². The fraction of sp³-hybridized carbons (Fsp3) is 0.889. The zero-order valence-corrected chi connectivity index (χ0v) is 20.2. The smallest absolute Gasteiger partial charge is 0.0637 e. The molecule has 0 radical (unpaired) electrons. The summed E-state index contributed by atoms with van der Waals surface area (Å²) in [6, 6.07) is 0. The van der Waals surface area contributed by atoms with Gasteiger partial charge in [-0.1, -0.05) is 59.5 Å². The maximum Gasteiger partial charge on any atom is 0.0637 e. The van der Waals surface area contributed by atoms with E-state index >= 15 is 0 Å². The molecule has 3 N–H and O–H groups in total. The van der Waals surface area contributed by atoms with Gasteiger partial charge in [-0.05, 0) is 91.4 Å². The molecule has 0 aliphatic heterocycles. The van der Waals surface area contributed by atoms with E-state index in [4.69, 9.17) is 5.84 Å². The molecule has 0 bridgehead atoms. The van der Waals surface area contributed by atoms with Crippen LogP contribution in [0.4, 0.5) is 0 Å². The Hall–Kier alpha value is -0.830. The Morgan fingerprint density at radius 3 is 2.53 bits per heavy atom. The molecule has 0 aromatic heterocycles. The minimum atomic E-state index is -0.184. The summed E-state index contributed by atoms with van der Waals surface area (Å²) in [7, 11) is 0.